The highest BCUT2D eigenvalue weighted by Crippen LogP contribution is 2.38. The van der Waals surface area contributed by atoms with Gasteiger partial charge in [0.15, 0.2) is 17.1 Å². The van der Waals surface area contributed by atoms with Gasteiger partial charge in [0.1, 0.15) is 10.8 Å². The Hall–Kier alpha value is -2.82. The lowest BCUT2D eigenvalue weighted by Crippen LogP contribution is -2.17. The van der Waals surface area contributed by atoms with Crippen LogP contribution in [0.2, 0.25) is 5.02 Å². The number of hydrogen-bond donors (Lipinski definition) is 1. The number of rotatable bonds is 11. The van der Waals surface area contributed by atoms with E-state index in [1.54, 1.807) is 25.1 Å². The highest BCUT2D eigenvalue weighted by Gasteiger charge is 2.27. The van der Waals surface area contributed by atoms with Crippen LogP contribution in [0.15, 0.2) is 42.1 Å². The van der Waals surface area contributed by atoms with Gasteiger partial charge in [0.25, 0.3) is 0 Å². The fourth-order valence-electron chi connectivity index (χ4n) is 4.35. The Labute approximate surface area is 235 Å². The number of halogens is 1. The highest BCUT2D eigenvalue weighted by molar-refractivity contribution is 7.99. The second kappa shape index (κ2) is 13.3. The number of ether oxygens (including phenoxy) is 2. The van der Waals surface area contributed by atoms with E-state index in [0.29, 0.717) is 38.9 Å². The zero-order chi connectivity index (χ0) is 27.1. The molecule has 8 nitrogen and oxygen atoms in total. The predicted molar refractivity (Wildman–Crippen MR) is 152 cm³/mol. The van der Waals surface area contributed by atoms with Crippen molar-refractivity contribution in [1.29, 1.82) is 0 Å². The molecular weight excluding hydrogens is 544 g/mol. The molecule has 38 heavy (non-hydrogen) atoms. The molecule has 0 aliphatic heterocycles. The van der Waals surface area contributed by atoms with Crippen LogP contribution < -0.4 is 10.1 Å². The normalized spacial score (nSPS) is 13.8. The molecule has 2 aromatic heterocycles. The number of carbonyl (C=O) groups excluding carboxylic acids is 2. The van der Waals surface area contributed by atoms with Gasteiger partial charge >= 0.3 is 5.97 Å². The van der Waals surface area contributed by atoms with Crippen LogP contribution in [-0.4, -0.2) is 39.0 Å². The van der Waals surface area contributed by atoms with Crippen LogP contribution in [0.5, 0.6) is 5.75 Å². The van der Waals surface area contributed by atoms with Crippen molar-refractivity contribution in [3.05, 3.63) is 63.8 Å². The number of aromatic nitrogens is 3. The first-order valence-corrected chi connectivity index (χ1v) is 14.8. The average Bonchev–Trinajstić information content (AvgIpc) is 3.35. The maximum absolute atomic E-state index is 13.0. The second-order valence-corrected chi connectivity index (χ2v) is 11.3. The monoisotopic (exact) mass is 574 g/mol. The fourth-order valence-corrected chi connectivity index (χ4v) is 6.58. The summed E-state index contributed by atoms with van der Waals surface area (Å²) < 4.78 is 13.2. The van der Waals surface area contributed by atoms with Crippen LogP contribution in [0, 0.1) is 0 Å². The van der Waals surface area contributed by atoms with Crippen LogP contribution >= 0.6 is 34.7 Å². The predicted octanol–water partition coefficient (Wildman–Crippen LogP) is 6.50. The summed E-state index contributed by atoms with van der Waals surface area (Å²) in [7, 11) is 0. The van der Waals surface area contributed by atoms with Crippen molar-refractivity contribution in [1.82, 2.24) is 14.8 Å². The van der Waals surface area contributed by atoms with E-state index in [2.05, 4.69) is 22.1 Å². The fraction of sp³-hybridized carbons (Fsp3) is 0.407. The summed E-state index contributed by atoms with van der Waals surface area (Å²) >= 11 is 8.83. The van der Waals surface area contributed by atoms with Gasteiger partial charge in [0.05, 0.1) is 17.9 Å². The first-order chi connectivity index (χ1) is 18.4. The number of amides is 1. The van der Waals surface area contributed by atoms with Crippen molar-refractivity contribution >= 4 is 51.6 Å². The Kier molecular flexibility index (Phi) is 9.87. The molecule has 1 unspecified atom stereocenters. The van der Waals surface area contributed by atoms with Gasteiger partial charge in [0.2, 0.25) is 5.91 Å². The van der Waals surface area contributed by atoms with Crippen LogP contribution in [0.1, 0.15) is 65.8 Å². The minimum atomic E-state index is -0.405. The minimum Gasteiger partial charge on any atom is -0.483 e. The number of thiophene rings is 1. The van der Waals surface area contributed by atoms with Gasteiger partial charge in [0, 0.05) is 16.4 Å². The zero-order valence-electron chi connectivity index (χ0n) is 21.5. The van der Waals surface area contributed by atoms with Crippen LogP contribution in [0.25, 0.3) is 0 Å². The molecule has 0 saturated carbocycles. The third kappa shape index (κ3) is 6.78. The lowest BCUT2D eigenvalue weighted by Gasteiger charge is -2.16. The second-order valence-electron chi connectivity index (χ2n) is 8.78. The highest BCUT2D eigenvalue weighted by atomic mass is 35.5. The molecule has 1 atom stereocenters. The largest absolute Gasteiger partial charge is 0.483 e. The van der Waals surface area contributed by atoms with E-state index >= 15 is 0 Å². The van der Waals surface area contributed by atoms with Crippen molar-refractivity contribution in [3.63, 3.8) is 0 Å². The molecule has 0 fully saturated rings. The number of fused-ring (bicyclic) bond motifs is 1. The molecule has 0 radical (unpaired) electrons. The molecule has 1 aliphatic rings. The standard InChI is InChI=1S/C27H31ClN4O4S2/c1-4-14-32-24(17(3)36-19-11-9-10-18(28)15-19)30-31-27(32)37-16-22(33)29-25-23(26(34)35-5-2)20-12-7-6-8-13-21(20)38-25/h4,9-11,15,17H,1,5-8,12-14,16H2,2-3H3,(H,29,33). The first kappa shape index (κ1) is 28.2. The summed E-state index contributed by atoms with van der Waals surface area (Å²) in [5.74, 6) is 0.732. The number of allylic oxidation sites excluding steroid dienone is 1. The van der Waals surface area contributed by atoms with Crippen LogP contribution in [-0.2, 0) is 28.9 Å². The van der Waals surface area contributed by atoms with Crippen molar-refractivity contribution in [2.45, 2.75) is 63.8 Å². The van der Waals surface area contributed by atoms with E-state index in [1.165, 1.54) is 23.1 Å². The van der Waals surface area contributed by atoms with Crippen LogP contribution in [0.3, 0.4) is 0 Å². The molecular formula is C27H31ClN4O4S2. The van der Waals surface area contributed by atoms with E-state index in [9.17, 15) is 9.59 Å². The smallest absolute Gasteiger partial charge is 0.341 e. The summed E-state index contributed by atoms with van der Waals surface area (Å²) in [6.07, 6.45) is 6.33. The molecule has 1 aromatic carbocycles. The Morgan fingerprint density at radius 1 is 1.29 bits per heavy atom. The molecule has 11 heteroatoms. The molecule has 4 rings (SSSR count). The lowest BCUT2D eigenvalue weighted by molar-refractivity contribution is -0.113. The van der Waals surface area contributed by atoms with Crippen molar-refractivity contribution in [2.24, 2.45) is 0 Å². The van der Waals surface area contributed by atoms with Gasteiger partial charge < -0.3 is 14.8 Å². The minimum absolute atomic E-state index is 0.101. The average molecular weight is 575 g/mol. The summed E-state index contributed by atoms with van der Waals surface area (Å²) in [4.78, 5) is 26.9. The van der Waals surface area contributed by atoms with E-state index < -0.39 is 6.10 Å². The number of aryl methyl sites for hydroxylation is 1. The number of esters is 1. The Balaban J connectivity index is 1.46. The van der Waals surface area contributed by atoms with Gasteiger partial charge in [-0.15, -0.1) is 28.1 Å². The molecule has 1 amide bonds. The molecule has 3 aromatic rings. The number of anilines is 1. The summed E-state index contributed by atoms with van der Waals surface area (Å²) in [5.41, 5.74) is 1.54. The number of thioether (sulfide) groups is 1. The van der Waals surface area contributed by atoms with Gasteiger partial charge in [-0.2, -0.15) is 0 Å². The summed E-state index contributed by atoms with van der Waals surface area (Å²) in [6, 6.07) is 7.16. The Bertz CT molecular complexity index is 1310. The number of carbonyl (C=O) groups is 2. The van der Waals surface area contributed by atoms with E-state index in [1.807, 2.05) is 23.6 Å². The first-order valence-electron chi connectivity index (χ1n) is 12.6. The third-order valence-corrected chi connectivity index (χ3v) is 8.42. The summed E-state index contributed by atoms with van der Waals surface area (Å²) in [5, 5.41) is 13.3. The summed E-state index contributed by atoms with van der Waals surface area (Å²) in [6.45, 7) is 8.24. The van der Waals surface area contributed by atoms with Crippen LogP contribution in [0.4, 0.5) is 5.00 Å². The van der Waals surface area contributed by atoms with E-state index in [-0.39, 0.29) is 24.2 Å². The van der Waals surface area contributed by atoms with Gasteiger partial charge in [-0.25, -0.2) is 4.79 Å². The molecule has 0 spiro atoms. The van der Waals surface area contributed by atoms with Gasteiger partial charge in [-0.3, -0.25) is 9.36 Å². The van der Waals surface area contributed by atoms with E-state index in [0.717, 1.165) is 42.5 Å². The van der Waals surface area contributed by atoms with Crippen molar-refractivity contribution < 1.29 is 19.1 Å². The lowest BCUT2D eigenvalue weighted by atomic mass is 10.1. The SMILES string of the molecule is C=CCn1c(SCC(=O)Nc2sc3c(c2C(=O)OCC)CCCCC3)nnc1C(C)Oc1cccc(Cl)c1. The number of benzene rings is 1. The third-order valence-electron chi connectivity index (χ3n) is 6.02. The van der Waals surface area contributed by atoms with Gasteiger partial charge in [-0.1, -0.05) is 41.9 Å². The molecule has 202 valence electrons. The maximum atomic E-state index is 13.0. The van der Waals surface area contributed by atoms with Crippen molar-refractivity contribution in [2.75, 3.05) is 17.7 Å². The number of nitrogens with one attached hydrogen (secondary N) is 1. The van der Waals surface area contributed by atoms with E-state index in [4.69, 9.17) is 21.1 Å². The quantitative estimate of drug-likeness (QED) is 0.121. The Morgan fingerprint density at radius 3 is 2.87 bits per heavy atom. The molecule has 1 N–H and O–H groups in total. The van der Waals surface area contributed by atoms with Crippen molar-refractivity contribution in [3.8, 4) is 5.75 Å². The zero-order valence-corrected chi connectivity index (χ0v) is 23.9. The molecule has 0 bridgehead atoms. The maximum Gasteiger partial charge on any atom is 0.341 e. The molecule has 0 saturated heterocycles. The molecule has 1 aliphatic carbocycles. The Morgan fingerprint density at radius 2 is 2.11 bits per heavy atom. The number of nitrogens with zero attached hydrogens (tertiary/aromatic N) is 3. The number of hydrogen-bond acceptors (Lipinski definition) is 8. The van der Waals surface area contributed by atoms with Gasteiger partial charge in [-0.05, 0) is 63.3 Å². The topological polar surface area (TPSA) is 95.3 Å². The molecule has 2 heterocycles.